The highest BCUT2D eigenvalue weighted by molar-refractivity contribution is 5.38. The molecule has 0 amide bonds. The fourth-order valence-electron chi connectivity index (χ4n) is 2.93. The van der Waals surface area contributed by atoms with Gasteiger partial charge in [-0.1, -0.05) is 47.5 Å². The van der Waals surface area contributed by atoms with E-state index in [1.54, 1.807) is 12.1 Å². The van der Waals surface area contributed by atoms with Gasteiger partial charge in [-0.15, -0.1) is 0 Å². The molecule has 2 nitrogen and oxygen atoms in total. The highest BCUT2D eigenvalue weighted by Crippen LogP contribution is 2.32. The summed E-state index contributed by atoms with van der Waals surface area (Å²) in [5, 5.41) is 0. The quantitative estimate of drug-likeness (QED) is 0.474. The predicted octanol–water partition coefficient (Wildman–Crippen LogP) is 5.79. The Hall–Kier alpha value is -1.09. The second kappa shape index (κ2) is 10.7. The summed E-state index contributed by atoms with van der Waals surface area (Å²) in [6.45, 7) is 15.0. The summed E-state index contributed by atoms with van der Waals surface area (Å²) < 4.78 is 19.4. The zero-order valence-corrected chi connectivity index (χ0v) is 16.3. The standard InChI is InChI=1S/C21H36FNO/c1-6-14-23(7-2)15-10-8-9-11-16-24-20-13-12-18(22)17-19(20)21(3,4)5/h12-13,17H,6-11,14-16H2,1-5H3. The Morgan fingerprint density at radius 1 is 1.00 bits per heavy atom. The smallest absolute Gasteiger partial charge is 0.123 e. The normalized spacial score (nSPS) is 12.0. The van der Waals surface area contributed by atoms with Gasteiger partial charge in [0.1, 0.15) is 11.6 Å². The van der Waals surface area contributed by atoms with Crippen molar-refractivity contribution in [2.24, 2.45) is 0 Å². The lowest BCUT2D eigenvalue weighted by Crippen LogP contribution is -2.25. The molecule has 0 aliphatic rings. The molecule has 1 aromatic carbocycles. The fraction of sp³-hybridized carbons (Fsp3) is 0.714. The molecule has 0 spiro atoms. The highest BCUT2D eigenvalue weighted by atomic mass is 19.1. The molecule has 0 heterocycles. The van der Waals surface area contributed by atoms with Crippen LogP contribution in [-0.4, -0.2) is 31.1 Å². The van der Waals surface area contributed by atoms with E-state index in [1.807, 2.05) is 0 Å². The molecule has 0 fully saturated rings. The molecule has 0 atom stereocenters. The van der Waals surface area contributed by atoms with E-state index in [-0.39, 0.29) is 11.2 Å². The van der Waals surface area contributed by atoms with Crippen molar-refractivity contribution < 1.29 is 9.13 Å². The third-order valence-corrected chi connectivity index (χ3v) is 4.36. The first kappa shape index (κ1) is 21.0. The first-order valence-electron chi connectivity index (χ1n) is 9.53. The third kappa shape index (κ3) is 7.65. The zero-order chi connectivity index (χ0) is 18.0. The van der Waals surface area contributed by atoms with Crippen molar-refractivity contribution in [3.05, 3.63) is 29.6 Å². The van der Waals surface area contributed by atoms with Gasteiger partial charge >= 0.3 is 0 Å². The van der Waals surface area contributed by atoms with Crippen LogP contribution in [0.4, 0.5) is 4.39 Å². The van der Waals surface area contributed by atoms with Crippen LogP contribution in [0, 0.1) is 5.82 Å². The number of rotatable bonds is 11. The Morgan fingerprint density at radius 2 is 1.71 bits per heavy atom. The van der Waals surface area contributed by atoms with E-state index in [9.17, 15) is 4.39 Å². The summed E-state index contributed by atoms with van der Waals surface area (Å²) in [4.78, 5) is 2.52. The summed E-state index contributed by atoms with van der Waals surface area (Å²) >= 11 is 0. The molecule has 138 valence electrons. The van der Waals surface area contributed by atoms with Crippen molar-refractivity contribution in [3.63, 3.8) is 0 Å². The van der Waals surface area contributed by atoms with Gasteiger partial charge in [-0.3, -0.25) is 0 Å². The fourth-order valence-corrected chi connectivity index (χ4v) is 2.93. The van der Waals surface area contributed by atoms with Crippen LogP contribution in [0.25, 0.3) is 0 Å². The van der Waals surface area contributed by atoms with Crippen LogP contribution in [0.15, 0.2) is 18.2 Å². The van der Waals surface area contributed by atoms with E-state index in [2.05, 4.69) is 39.5 Å². The van der Waals surface area contributed by atoms with Crippen molar-refractivity contribution >= 4 is 0 Å². The van der Waals surface area contributed by atoms with E-state index in [0.29, 0.717) is 6.61 Å². The predicted molar refractivity (Wildman–Crippen MR) is 101 cm³/mol. The number of ether oxygens (including phenoxy) is 1. The van der Waals surface area contributed by atoms with Crippen molar-refractivity contribution in [2.75, 3.05) is 26.2 Å². The first-order chi connectivity index (χ1) is 11.4. The topological polar surface area (TPSA) is 12.5 Å². The van der Waals surface area contributed by atoms with Crippen molar-refractivity contribution in [3.8, 4) is 5.75 Å². The largest absolute Gasteiger partial charge is 0.493 e. The van der Waals surface area contributed by atoms with E-state index in [0.717, 1.165) is 24.3 Å². The lowest BCUT2D eigenvalue weighted by molar-refractivity contribution is 0.273. The van der Waals surface area contributed by atoms with Gasteiger partial charge in [0.15, 0.2) is 0 Å². The van der Waals surface area contributed by atoms with Gasteiger partial charge in [0, 0.05) is 5.56 Å². The molecule has 24 heavy (non-hydrogen) atoms. The number of halogens is 1. The van der Waals surface area contributed by atoms with Crippen molar-refractivity contribution in [1.29, 1.82) is 0 Å². The molecule has 0 aliphatic carbocycles. The van der Waals surface area contributed by atoms with Gasteiger partial charge in [0.05, 0.1) is 6.61 Å². The van der Waals surface area contributed by atoms with E-state index in [4.69, 9.17) is 4.74 Å². The second-order valence-corrected chi connectivity index (χ2v) is 7.59. The van der Waals surface area contributed by atoms with E-state index >= 15 is 0 Å². The average molecular weight is 338 g/mol. The molecule has 0 radical (unpaired) electrons. The molecule has 0 saturated carbocycles. The first-order valence-corrected chi connectivity index (χ1v) is 9.53. The van der Waals surface area contributed by atoms with E-state index < -0.39 is 0 Å². The van der Waals surface area contributed by atoms with Gasteiger partial charge in [0.2, 0.25) is 0 Å². The minimum atomic E-state index is -0.195. The Labute approximate surface area is 148 Å². The molecular weight excluding hydrogens is 301 g/mol. The maximum atomic E-state index is 13.5. The minimum Gasteiger partial charge on any atom is -0.493 e. The van der Waals surface area contributed by atoms with Crippen LogP contribution >= 0.6 is 0 Å². The number of benzene rings is 1. The molecule has 0 unspecified atom stereocenters. The summed E-state index contributed by atoms with van der Waals surface area (Å²) in [6.07, 6.45) is 5.99. The minimum absolute atomic E-state index is 0.111. The Kier molecular flexibility index (Phi) is 9.35. The summed E-state index contributed by atoms with van der Waals surface area (Å²) in [5.74, 6) is 0.629. The second-order valence-electron chi connectivity index (χ2n) is 7.59. The lowest BCUT2D eigenvalue weighted by Gasteiger charge is -2.23. The van der Waals surface area contributed by atoms with Gasteiger partial charge in [-0.25, -0.2) is 4.39 Å². The van der Waals surface area contributed by atoms with Crippen molar-refractivity contribution in [1.82, 2.24) is 4.90 Å². The van der Waals surface area contributed by atoms with Crippen molar-refractivity contribution in [2.45, 2.75) is 72.1 Å². The molecule has 0 aromatic heterocycles. The highest BCUT2D eigenvalue weighted by Gasteiger charge is 2.19. The van der Waals surface area contributed by atoms with Crippen LogP contribution in [0.5, 0.6) is 5.75 Å². The summed E-state index contributed by atoms with van der Waals surface area (Å²) in [7, 11) is 0. The summed E-state index contributed by atoms with van der Waals surface area (Å²) in [5.41, 5.74) is 0.834. The van der Waals surface area contributed by atoms with Crippen LogP contribution in [0.2, 0.25) is 0 Å². The number of unbranched alkanes of at least 4 members (excludes halogenated alkanes) is 3. The van der Waals surface area contributed by atoms with Gasteiger partial charge in [-0.05, 0) is 62.5 Å². The molecule has 1 rings (SSSR count). The SMILES string of the molecule is CCCN(CC)CCCCCCOc1ccc(F)cc1C(C)(C)C. The maximum Gasteiger partial charge on any atom is 0.123 e. The molecule has 0 bridgehead atoms. The van der Waals surface area contributed by atoms with Crippen LogP contribution in [0.1, 0.15) is 72.3 Å². The molecule has 3 heteroatoms. The molecule has 0 N–H and O–H groups in total. The zero-order valence-electron chi connectivity index (χ0n) is 16.3. The molecule has 0 saturated heterocycles. The Bertz CT molecular complexity index is 467. The van der Waals surface area contributed by atoms with Crippen LogP contribution in [0.3, 0.4) is 0 Å². The molecule has 1 aromatic rings. The average Bonchev–Trinajstić information content (AvgIpc) is 2.53. The lowest BCUT2D eigenvalue weighted by atomic mass is 9.86. The molecular formula is C21H36FNO. The van der Waals surface area contributed by atoms with Gasteiger partial charge < -0.3 is 9.64 Å². The Balaban J connectivity index is 2.29. The maximum absolute atomic E-state index is 13.5. The monoisotopic (exact) mass is 337 g/mol. The Morgan fingerprint density at radius 3 is 2.33 bits per heavy atom. The number of nitrogens with zero attached hydrogens (tertiary/aromatic N) is 1. The van der Waals surface area contributed by atoms with Crippen LogP contribution < -0.4 is 4.74 Å². The molecule has 0 aliphatic heterocycles. The summed E-state index contributed by atoms with van der Waals surface area (Å²) in [6, 6.07) is 4.85. The number of hydrogen-bond donors (Lipinski definition) is 0. The van der Waals surface area contributed by atoms with Gasteiger partial charge in [0.25, 0.3) is 0 Å². The van der Waals surface area contributed by atoms with E-state index in [1.165, 1.54) is 44.8 Å². The van der Waals surface area contributed by atoms with Gasteiger partial charge in [-0.2, -0.15) is 0 Å². The van der Waals surface area contributed by atoms with Crippen LogP contribution in [-0.2, 0) is 5.41 Å². The third-order valence-electron chi connectivity index (χ3n) is 4.36. The number of hydrogen-bond acceptors (Lipinski definition) is 2.